The normalized spacial score (nSPS) is 18.6. The van der Waals surface area contributed by atoms with Crippen molar-refractivity contribution >= 4 is 17.3 Å². The van der Waals surface area contributed by atoms with E-state index in [2.05, 4.69) is 15.4 Å². The predicted molar refractivity (Wildman–Crippen MR) is 119 cm³/mol. The van der Waals surface area contributed by atoms with Gasteiger partial charge in [0, 0.05) is 19.6 Å². The molecule has 3 aromatic rings. The molecule has 1 unspecified atom stereocenters. The molecule has 10 heteroatoms. The molecule has 2 aliphatic heterocycles. The first-order valence-corrected chi connectivity index (χ1v) is 11.3. The molecule has 0 bridgehead atoms. The average molecular weight is 457 g/mol. The number of ether oxygens (including phenoxy) is 1. The predicted octanol–water partition coefficient (Wildman–Crippen LogP) is 2.29. The van der Waals surface area contributed by atoms with Gasteiger partial charge < -0.3 is 14.7 Å². The third-order valence-electron chi connectivity index (χ3n) is 6.18. The summed E-state index contributed by atoms with van der Waals surface area (Å²) in [6.07, 6.45) is 4.78. The van der Waals surface area contributed by atoms with Crippen LogP contribution in [0.25, 0.3) is 0 Å². The first-order valence-electron chi connectivity index (χ1n) is 10.9. The van der Waals surface area contributed by atoms with Crippen LogP contribution in [-0.4, -0.2) is 43.0 Å². The highest BCUT2D eigenvalue weighted by Crippen LogP contribution is 2.28. The number of rotatable bonds is 5. The molecule has 1 aromatic carbocycles. The van der Waals surface area contributed by atoms with Gasteiger partial charge in [-0.15, -0.1) is 5.10 Å². The lowest BCUT2D eigenvalue weighted by molar-refractivity contribution is -0.0424. The van der Waals surface area contributed by atoms with E-state index >= 15 is 0 Å². The number of benzene rings is 1. The van der Waals surface area contributed by atoms with Gasteiger partial charge in [0.1, 0.15) is 10.7 Å². The minimum absolute atomic E-state index is 0.0101. The molecule has 0 aliphatic carbocycles. The lowest BCUT2D eigenvalue weighted by Crippen LogP contribution is -2.36. The van der Waals surface area contributed by atoms with Gasteiger partial charge in [0.15, 0.2) is 6.23 Å². The van der Waals surface area contributed by atoms with Crippen molar-refractivity contribution in [3.63, 3.8) is 0 Å². The Morgan fingerprint density at radius 1 is 1.22 bits per heavy atom. The molecule has 0 amide bonds. The van der Waals surface area contributed by atoms with Gasteiger partial charge >= 0.3 is 0 Å². The number of aromatic nitrogens is 5. The van der Waals surface area contributed by atoms with E-state index in [1.165, 1.54) is 4.68 Å². The maximum absolute atomic E-state index is 12.9. The Morgan fingerprint density at radius 3 is 2.84 bits per heavy atom. The van der Waals surface area contributed by atoms with E-state index in [0.717, 1.165) is 48.2 Å². The Balaban J connectivity index is 1.36. The fourth-order valence-corrected chi connectivity index (χ4v) is 4.66. The topological polar surface area (TPSA) is 98.3 Å². The van der Waals surface area contributed by atoms with Crippen molar-refractivity contribution in [1.29, 1.82) is 0 Å². The van der Waals surface area contributed by atoms with Gasteiger partial charge in [0.05, 0.1) is 37.3 Å². The SMILES string of the molecule is O=c1c(Cl)c(N2CCc3c(nnn3Cc3ccccc3CO)C2)cnn1C1CCCCO1. The van der Waals surface area contributed by atoms with Gasteiger partial charge in [-0.2, -0.15) is 9.78 Å². The number of aliphatic hydroxyl groups excluding tert-OH is 1. The summed E-state index contributed by atoms with van der Waals surface area (Å²) in [4.78, 5) is 14.9. The molecule has 1 atom stereocenters. The third-order valence-corrected chi connectivity index (χ3v) is 6.54. The standard InChI is InChI=1S/C22H25ClN6O3/c23-21-19(11-24-29(22(21)31)20-7-3-4-10-32-20)27-9-8-18-17(13-27)25-26-28(18)12-15-5-1-2-6-16(15)14-30/h1-2,5-6,11,20,30H,3-4,7-10,12-14H2. The Hall–Kier alpha value is -2.75. The van der Waals surface area contributed by atoms with E-state index in [4.69, 9.17) is 16.3 Å². The molecule has 9 nitrogen and oxygen atoms in total. The Bertz CT molecular complexity index is 1170. The number of fused-ring (bicyclic) bond motifs is 1. The van der Waals surface area contributed by atoms with Gasteiger partial charge in [-0.05, 0) is 30.4 Å². The fourth-order valence-electron chi connectivity index (χ4n) is 4.40. The lowest BCUT2D eigenvalue weighted by Gasteiger charge is -2.29. The summed E-state index contributed by atoms with van der Waals surface area (Å²) in [5.41, 5.74) is 4.09. The second-order valence-electron chi connectivity index (χ2n) is 8.15. The molecule has 2 aromatic heterocycles. The number of nitrogens with zero attached hydrogens (tertiary/aromatic N) is 6. The zero-order valence-corrected chi connectivity index (χ0v) is 18.4. The minimum atomic E-state index is -0.350. The van der Waals surface area contributed by atoms with Gasteiger partial charge in [-0.25, -0.2) is 4.68 Å². The number of hydrogen-bond acceptors (Lipinski definition) is 7. The number of aliphatic hydroxyl groups is 1. The Labute approximate surface area is 190 Å². The second-order valence-corrected chi connectivity index (χ2v) is 8.53. The first-order chi connectivity index (χ1) is 15.7. The highest BCUT2D eigenvalue weighted by atomic mass is 35.5. The van der Waals surface area contributed by atoms with Crippen LogP contribution in [0.4, 0.5) is 5.69 Å². The van der Waals surface area contributed by atoms with Gasteiger partial charge in [-0.3, -0.25) is 4.79 Å². The Kier molecular flexibility index (Phi) is 5.95. The molecule has 4 heterocycles. The molecule has 0 spiro atoms. The molecule has 1 N–H and O–H groups in total. The van der Waals surface area contributed by atoms with Crippen LogP contribution in [0.5, 0.6) is 0 Å². The van der Waals surface area contributed by atoms with Crippen molar-refractivity contribution < 1.29 is 9.84 Å². The number of hydrogen-bond donors (Lipinski definition) is 1. The number of halogens is 1. The summed E-state index contributed by atoms with van der Waals surface area (Å²) in [5, 5.41) is 22.8. The molecule has 2 aliphatic rings. The van der Waals surface area contributed by atoms with Crippen molar-refractivity contribution in [3.8, 4) is 0 Å². The molecule has 168 valence electrons. The highest BCUT2D eigenvalue weighted by Gasteiger charge is 2.27. The summed E-state index contributed by atoms with van der Waals surface area (Å²) >= 11 is 6.49. The van der Waals surface area contributed by atoms with E-state index in [0.29, 0.717) is 31.9 Å². The van der Waals surface area contributed by atoms with Crippen molar-refractivity contribution in [1.82, 2.24) is 24.8 Å². The maximum atomic E-state index is 12.9. The zero-order chi connectivity index (χ0) is 22.1. The molecule has 0 radical (unpaired) electrons. The summed E-state index contributed by atoms with van der Waals surface area (Å²) < 4.78 is 8.94. The van der Waals surface area contributed by atoms with E-state index in [-0.39, 0.29) is 23.4 Å². The largest absolute Gasteiger partial charge is 0.392 e. The van der Waals surface area contributed by atoms with Gasteiger partial charge in [0.25, 0.3) is 5.56 Å². The van der Waals surface area contributed by atoms with Crippen LogP contribution in [-0.2, 0) is 30.9 Å². The third kappa shape index (κ3) is 3.92. The molecule has 0 saturated carbocycles. The Morgan fingerprint density at radius 2 is 2.06 bits per heavy atom. The van der Waals surface area contributed by atoms with E-state index in [1.54, 1.807) is 6.20 Å². The summed E-state index contributed by atoms with van der Waals surface area (Å²) in [7, 11) is 0. The monoisotopic (exact) mass is 456 g/mol. The summed E-state index contributed by atoms with van der Waals surface area (Å²) in [6.45, 7) is 2.35. The lowest BCUT2D eigenvalue weighted by atomic mass is 10.1. The van der Waals surface area contributed by atoms with Crippen LogP contribution in [0.15, 0.2) is 35.3 Å². The molecule has 1 fully saturated rings. The second kappa shape index (κ2) is 9.01. The summed E-state index contributed by atoms with van der Waals surface area (Å²) in [6, 6.07) is 7.77. The van der Waals surface area contributed by atoms with Crippen LogP contribution in [0.2, 0.25) is 5.02 Å². The first kappa shape index (κ1) is 21.1. The molecule has 5 rings (SSSR count). The van der Waals surface area contributed by atoms with E-state index in [1.807, 2.05) is 33.8 Å². The van der Waals surface area contributed by atoms with E-state index < -0.39 is 0 Å². The van der Waals surface area contributed by atoms with Crippen molar-refractivity contribution in [2.24, 2.45) is 0 Å². The maximum Gasteiger partial charge on any atom is 0.290 e. The fraction of sp³-hybridized carbons (Fsp3) is 0.455. The van der Waals surface area contributed by atoms with Gasteiger partial charge in [0.2, 0.25) is 0 Å². The van der Waals surface area contributed by atoms with Crippen molar-refractivity contribution in [2.45, 2.75) is 51.6 Å². The molecular weight excluding hydrogens is 432 g/mol. The molecule has 32 heavy (non-hydrogen) atoms. The van der Waals surface area contributed by atoms with Gasteiger partial charge in [-0.1, -0.05) is 41.1 Å². The molecular formula is C22H25ClN6O3. The zero-order valence-electron chi connectivity index (χ0n) is 17.7. The quantitative estimate of drug-likeness (QED) is 0.628. The number of anilines is 1. The summed E-state index contributed by atoms with van der Waals surface area (Å²) in [5.74, 6) is 0. The van der Waals surface area contributed by atoms with Crippen LogP contribution >= 0.6 is 11.6 Å². The minimum Gasteiger partial charge on any atom is -0.392 e. The van der Waals surface area contributed by atoms with Crippen molar-refractivity contribution in [2.75, 3.05) is 18.1 Å². The van der Waals surface area contributed by atoms with Crippen LogP contribution < -0.4 is 10.5 Å². The van der Waals surface area contributed by atoms with Crippen LogP contribution in [0, 0.1) is 0 Å². The molecule has 1 saturated heterocycles. The smallest absolute Gasteiger partial charge is 0.290 e. The van der Waals surface area contributed by atoms with Crippen LogP contribution in [0.3, 0.4) is 0 Å². The van der Waals surface area contributed by atoms with Crippen LogP contribution in [0.1, 0.15) is 48.0 Å². The van der Waals surface area contributed by atoms with Crippen molar-refractivity contribution in [3.05, 3.63) is 68.4 Å². The highest BCUT2D eigenvalue weighted by molar-refractivity contribution is 6.33. The average Bonchev–Trinajstić information content (AvgIpc) is 3.23. The van der Waals surface area contributed by atoms with E-state index in [9.17, 15) is 9.90 Å².